The Balaban J connectivity index is 2.36. The largest absolute Gasteiger partial charge is 0.348 e. The van der Waals surface area contributed by atoms with E-state index in [1.54, 1.807) is 0 Å². The minimum absolute atomic E-state index is 0.969. The minimum atomic E-state index is 0.969. The lowest BCUT2D eigenvalue weighted by Gasteiger charge is -2.31. The number of hydrogen-bond donors (Lipinski definition) is 0. The van der Waals surface area contributed by atoms with Crippen molar-refractivity contribution in [2.24, 2.45) is 4.99 Å². The average molecular weight is 225 g/mol. The molecule has 2 aromatic carbocycles. The molecule has 0 fully saturated rings. The maximum absolute atomic E-state index is 4.71. The van der Waals surface area contributed by atoms with E-state index >= 15 is 0 Å². The predicted molar refractivity (Wildman–Crippen MR) is 73.1 cm³/mol. The molecule has 17 heavy (non-hydrogen) atoms. The highest BCUT2D eigenvalue weighted by Crippen LogP contribution is 2.37. The Hall–Kier alpha value is -2.03. The van der Waals surface area contributed by atoms with Gasteiger partial charge in [0, 0.05) is 26.5 Å². The molecular formula is C14H15N3. The van der Waals surface area contributed by atoms with Crippen LogP contribution in [-0.4, -0.2) is 32.0 Å². The first-order valence-electron chi connectivity index (χ1n) is 5.70. The van der Waals surface area contributed by atoms with Crippen LogP contribution in [0.1, 0.15) is 0 Å². The van der Waals surface area contributed by atoms with Gasteiger partial charge in [0.25, 0.3) is 0 Å². The second-order valence-corrected chi connectivity index (χ2v) is 4.52. The number of rotatable bonds is 0. The van der Waals surface area contributed by atoms with Gasteiger partial charge in [-0.15, -0.1) is 0 Å². The van der Waals surface area contributed by atoms with E-state index in [1.807, 2.05) is 19.0 Å². The minimum Gasteiger partial charge on any atom is -0.348 e. The van der Waals surface area contributed by atoms with E-state index in [1.165, 1.54) is 16.5 Å². The fraction of sp³-hybridized carbons (Fsp3) is 0.214. The predicted octanol–water partition coefficient (Wildman–Crippen LogP) is 2.84. The molecule has 0 N–H and O–H groups in total. The first kappa shape index (κ1) is 10.1. The molecule has 2 aromatic rings. The zero-order chi connectivity index (χ0) is 12.0. The maximum Gasteiger partial charge on any atom is 0.205 e. The topological polar surface area (TPSA) is 18.8 Å². The van der Waals surface area contributed by atoms with Crippen LogP contribution in [0.15, 0.2) is 41.4 Å². The molecule has 0 amide bonds. The summed E-state index contributed by atoms with van der Waals surface area (Å²) in [5, 5.41) is 2.48. The highest BCUT2D eigenvalue weighted by atomic mass is 15.4. The van der Waals surface area contributed by atoms with Crippen molar-refractivity contribution in [3.63, 3.8) is 0 Å². The van der Waals surface area contributed by atoms with Crippen molar-refractivity contribution in [2.45, 2.75) is 0 Å². The van der Waals surface area contributed by atoms with Crippen LogP contribution in [0.5, 0.6) is 0 Å². The SMILES string of the molecule is CN(C)C1=Nc2cccc3cccc(c23)N1C. The summed E-state index contributed by atoms with van der Waals surface area (Å²) in [6, 6.07) is 12.6. The lowest BCUT2D eigenvalue weighted by atomic mass is 10.1. The van der Waals surface area contributed by atoms with Gasteiger partial charge in [0.1, 0.15) is 0 Å². The van der Waals surface area contributed by atoms with Gasteiger partial charge in [-0.1, -0.05) is 24.3 Å². The van der Waals surface area contributed by atoms with Crippen molar-refractivity contribution in [3.05, 3.63) is 36.4 Å². The van der Waals surface area contributed by atoms with Gasteiger partial charge in [-0.2, -0.15) is 0 Å². The third-order valence-corrected chi connectivity index (χ3v) is 3.14. The molecule has 0 saturated carbocycles. The maximum atomic E-state index is 4.71. The number of aliphatic imine (C=N–C) groups is 1. The Morgan fingerprint density at radius 3 is 2.47 bits per heavy atom. The summed E-state index contributed by atoms with van der Waals surface area (Å²) >= 11 is 0. The molecule has 1 aliphatic rings. The highest BCUT2D eigenvalue weighted by molar-refractivity contribution is 6.13. The molecule has 3 nitrogen and oxygen atoms in total. The second kappa shape index (κ2) is 3.48. The number of anilines is 1. The van der Waals surface area contributed by atoms with Crippen LogP contribution in [0.25, 0.3) is 10.8 Å². The van der Waals surface area contributed by atoms with Gasteiger partial charge in [0.15, 0.2) is 0 Å². The first-order chi connectivity index (χ1) is 8.18. The Kier molecular flexibility index (Phi) is 2.08. The summed E-state index contributed by atoms with van der Waals surface area (Å²) < 4.78 is 0. The van der Waals surface area contributed by atoms with Crippen LogP contribution in [-0.2, 0) is 0 Å². The van der Waals surface area contributed by atoms with Crippen molar-refractivity contribution in [1.29, 1.82) is 0 Å². The van der Waals surface area contributed by atoms with Gasteiger partial charge in [-0.3, -0.25) is 0 Å². The molecule has 0 unspecified atom stereocenters. The molecule has 0 bridgehead atoms. The van der Waals surface area contributed by atoms with Gasteiger partial charge < -0.3 is 9.80 Å². The van der Waals surface area contributed by atoms with Gasteiger partial charge in [0.05, 0.1) is 11.4 Å². The summed E-state index contributed by atoms with van der Waals surface area (Å²) in [4.78, 5) is 8.88. The number of guanidine groups is 1. The summed E-state index contributed by atoms with van der Waals surface area (Å²) in [6.45, 7) is 0. The van der Waals surface area contributed by atoms with E-state index in [2.05, 4.69) is 48.3 Å². The van der Waals surface area contributed by atoms with Crippen LogP contribution in [0, 0.1) is 0 Å². The number of nitrogens with zero attached hydrogens (tertiary/aromatic N) is 3. The van der Waals surface area contributed by atoms with Crippen molar-refractivity contribution in [2.75, 3.05) is 26.0 Å². The second-order valence-electron chi connectivity index (χ2n) is 4.52. The van der Waals surface area contributed by atoms with Crippen LogP contribution in [0.4, 0.5) is 11.4 Å². The standard InChI is InChI=1S/C14H15N3/c1-16(2)14-15-11-8-4-6-10-7-5-9-12(13(10)11)17(14)3/h4-9H,1-3H3. The Morgan fingerprint density at radius 1 is 1.06 bits per heavy atom. The normalized spacial score (nSPS) is 13.8. The Bertz CT molecular complexity index is 609. The van der Waals surface area contributed by atoms with E-state index in [-0.39, 0.29) is 0 Å². The molecule has 0 aliphatic carbocycles. The van der Waals surface area contributed by atoms with Crippen LogP contribution in [0.2, 0.25) is 0 Å². The molecule has 0 saturated heterocycles. The summed E-state index contributed by atoms with van der Waals surface area (Å²) in [5.74, 6) is 0.969. The van der Waals surface area contributed by atoms with E-state index < -0.39 is 0 Å². The van der Waals surface area contributed by atoms with Gasteiger partial charge in [-0.25, -0.2) is 4.99 Å². The first-order valence-corrected chi connectivity index (χ1v) is 5.70. The van der Waals surface area contributed by atoms with Crippen LogP contribution >= 0.6 is 0 Å². The molecule has 86 valence electrons. The van der Waals surface area contributed by atoms with Crippen molar-refractivity contribution < 1.29 is 0 Å². The summed E-state index contributed by atoms with van der Waals surface area (Å²) in [7, 11) is 6.09. The van der Waals surface area contributed by atoms with Crippen molar-refractivity contribution >= 4 is 28.1 Å². The zero-order valence-corrected chi connectivity index (χ0v) is 10.3. The molecule has 1 heterocycles. The smallest absolute Gasteiger partial charge is 0.205 e. The van der Waals surface area contributed by atoms with Gasteiger partial charge in [-0.05, 0) is 17.5 Å². The van der Waals surface area contributed by atoms with Crippen molar-refractivity contribution in [3.8, 4) is 0 Å². The van der Waals surface area contributed by atoms with Gasteiger partial charge >= 0.3 is 0 Å². The lowest BCUT2D eigenvalue weighted by molar-refractivity contribution is 0.608. The quantitative estimate of drug-likeness (QED) is 0.686. The molecule has 1 aliphatic heterocycles. The molecule has 0 aromatic heterocycles. The molecule has 3 rings (SSSR count). The third kappa shape index (κ3) is 1.39. The fourth-order valence-electron chi connectivity index (χ4n) is 2.36. The van der Waals surface area contributed by atoms with Crippen molar-refractivity contribution in [1.82, 2.24) is 4.90 Å². The summed E-state index contributed by atoms with van der Waals surface area (Å²) in [6.07, 6.45) is 0. The monoisotopic (exact) mass is 225 g/mol. The highest BCUT2D eigenvalue weighted by Gasteiger charge is 2.20. The van der Waals surface area contributed by atoms with E-state index in [9.17, 15) is 0 Å². The van der Waals surface area contributed by atoms with E-state index in [4.69, 9.17) is 4.99 Å². The molecule has 3 heteroatoms. The third-order valence-electron chi connectivity index (χ3n) is 3.14. The van der Waals surface area contributed by atoms with Gasteiger partial charge in [0.2, 0.25) is 5.96 Å². The molecule has 0 spiro atoms. The van der Waals surface area contributed by atoms with E-state index in [0.717, 1.165) is 11.6 Å². The zero-order valence-electron chi connectivity index (χ0n) is 10.3. The number of hydrogen-bond acceptors (Lipinski definition) is 3. The summed E-state index contributed by atoms with van der Waals surface area (Å²) in [5.41, 5.74) is 2.27. The molecule has 0 atom stereocenters. The lowest BCUT2D eigenvalue weighted by Crippen LogP contribution is -2.39. The van der Waals surface area contributed by atoms with Crippen LogP contribution in [0.3, 0.4) is 0 Å². The Morgan fingerprint density at radius 2 is 1.76 bits per heavy atom. The molecular weight excluding hydrogens is 210 g/mol. The Labute approximate surface area is 101 Å². The van der Waals surface area contributed by atoms with E-state index in [0.29, 0.717) is 0 Å². The number of benzene rings is 2. The fourth-order valence-corrected chi connectivity index (χ4v) is 2.36. The van der Waals surface area contributed by atoms with Crippen LogP contribution < -0.4 is 4.90 Å². The molecule has 0 radical (unpaired) electrons. The average Bonchev–Trinajstić information content (AvgIpc) is 2.33.